The molecule has 2 aliphatic rings. The van der Waals surface area contributed by atoms with E-state index in [0.29, 0.717) is 17.9 Å². The van der Waals surface area contributed by atoms with Gasteiger partial charge in [0.2, 0.25) is 0 Å². The lowest BCUT2D eigenvalue weighted by Gasteiger charge is -2.45. The maximum absolute atomic E-state index is 11.2. The Balaban J connectivity index is 2.31. The molecule has 0 radical (unpaired) electrons. The van der Waals surface area contributed by atoms with Gasteiger partial charge in [-0.3, -0.25) is 0 Å². The van der Waals surface area contributed by atoms with Gasteiger partial charge >= 0.3 is 5.97 Å². The van der Waals surface area contributed by atoms with Gasteiger partial charge in [0.1, 0.15) is 0 Å². The van der Waals surface area contributed by atoms with E-state index in [4.69, 9.17) is 5.11 Å². The van der Waals surface area contributed by atoms with E-state index >= 15 is 0 Å². The van der Waals surface area contributed by atoms with Crippen molar-refractivity contribution >= 4 is 5.97 Å². The van der Waals surface area contributed by atoms with E-state index in [1.807, 2.05) is 6.08 Å². The van der Waals surface area contributed by atoms with Crippen LogP contribution < -0.4 is 0 Å². The number of carboxylic acids is 1. The maximum Gasteiger partial charge on any atom is 0.331 e. The standard InChI is InChI=1S/C15H22O4/c1-8-3-4-11(9(2)15(18)19)13-5-10(7-16)14(17)6-12(8)13/h5,8,11-14,16-17H,2-4,6-7H2,1H3,(H,18,19)/t8?,11?,12?,13?,14-/m0/s1. The summed E-state index contributed by atoms with van der Waals surface area (Å²) in [5.74, 6) is -0.192. The van der Waals surface area contributed by atoms with Crippen LogP contribution in [0.15, 0.2) is 23.8 Å². The summed E-state index contributed by atoms with van der Waals surface area (Å²) in [5.41, 5.74) is 0.880. The first kappa shape index (κ1) is 14.3. The maximum atomic E-state index is 11.2. The molecule has 4 nitrogen and oxygen atoms in total. The lowest BCUT2D eigenvalue weighted by atomic mass is 9.60. The zero-order valence-corrected chi connectivity index (χ0v) is 11.2. The fourth-order valence-electron chi connectivity index (χ4n) is 3.65. The van der Waals surface area contributed by atoms with Crippen LogP contribution in [0, 0.1) is 23.7 Å². The molecule has 0 heterocycles. The van der Waals surface area contributed by atoms with Crippen molar-refractivity contribution in [3.63, 3.8) is 0 Å². The number of carboxylic acid groups (broad SMARTS) is 1. The lowest BCUT2D eigenvalue weighted by molar-refractivity contribution is -0.133. The Labute approximate surface area is 113 Å². The number of allylic oxidation sites excluding steroid dienone is 1. The zero-order valence-electron chi connectivity index (χ0n) is 11.2. The number of aliphatic carboxylic acids is 1. The van der Waals surface area contributed by atoms with Crippen molar-refractivity contribution in [3.8, 4) is 0 Å². The van der Waals surface area contributed by atoms with Crippen LogP contribution in [0.5, 0.6) is 0 Å². The fraction of sp³-hybridized carbons (Fsp3) is 0.667. The molecule has 0 aromatic rings. The van der Waals surface area contributed by atoms with Gasteiger partial charge in [-0.2, -0.15) is 0 Å². The molecular formula is C15H22O4. The van der Waals surface area contributed by atoms with E-state index in [0.717, 1.165) is 12.8 Å². The summed E-state index contributed by atoms with van der Waals surface area (Å²) in [4.78, 5) is 11.2. The minimum atomic E-state index is -0.941. The van der Waals surface area contributed by atoms with Crippen molar-refractivity contribution in [1.82, 2.24) is 0 Å². The predicted octanol–water partition coefficient (Wildman–Crippen LogP) is 1.59. The molecule has 3 N–H and O–H groups in total. The quantitative estimate of drug-likeness (QED) is 0.535. The van der Waals surface area contributed by atoms with Crippen molar-refractivity contribution in [2.24, 2.45) is 23.7 Å². The summed E-state index contributed by atoms with van der Waals surface area (Å²) < 4.78 is 0. The molecule has 0 spiro atoms. The summed E-state index contributed by atoms with van der Waals surface area (Å²) in [5, 5.41) is 28.4. The van der Waals surface area contributed by atoms with E-state index in [9.17, 15) is 15.0 Å². The van der Waals surface area contributed by atoms with Gasteiger partial charge in [-0.25, -0.2) is 4.79 Å². The minimum absolute atomic E-state index is 0.0762. The number of rotatable bonds is 3. The van der Waals surface area contributed by atoms with Gasteiger partial charge in [-0.05, 0) is 48.5 Å². The molecule has 0 aliphatic heterocycles. The highest BCUT2D eigenvalue weighted by molar-refractivity contribution is 5.86. The van der Waals surface area contributed by atoms with Crippen molar-refractivity contribution in [1.29, 1.82) is 0 Å². The van der Waals surface area contributed by atoms with Gasteiger partial charge in [0.25, 0.3) is 0 Å². The molecule has 4 heteroatoms. The van der Waals surface area contributed by atoms with E-state index in [2.05, 4.69) is 13.5 Å². The molecular weight excluding hydrogens is 244 g/mol. The number of hydrogen-bond acceptors (Lipinski definition) is 3. The van der Waals surface area contributed by atoms with Crippen LogP contribution in [-0.4, -0.2) is 34.0 Å². The topological polar surface area (TPSA) is 77.8 Å². The SMILES string of the molecule is C=C(C(=O)O)C1CCC(C)C2C[C@H](O)C(CO)=CC12. The van der Waals surface area contributed by atoms with Crippen molar-refractivity contribution in [2.45, 2.75) is 32.3 Å². The molecule has 2 aliphatic carbocycles. The smallest absolute Gasteiger partial charge is 0.331 e. The van der Waals surface area contributed by atoms with Crippen LogP contribution in [0.2, 0.25) is 0 Å². The first-order chi connectivity index (χ1) is 8.95. The third-order valence-corrected chi connectivity index (χ3v) is 4.86. The highest BCUT2D eigenvalue weighted by Gasteiger charge is 2.42. The predicted molar refractivity (Wildman–Crippen MR) is 71.4 cm³/mol. The lowest BCUT2D eigenvalue weighted by Crippen LogP contribution is -2.40. The molecule has 19 heavy (non-hydrogen) atoms. The van der Waals surface area contributed by atoms with Crippen LogP contribution in [0.3, 0.4) is 0 Å². The van der Waals surface area contributed by atoms with Gasteiger partial charge in [-0.15, -0.1) is 0 Å². The second kappa shape index (κ2) is 5.47. The molecule has 0 aromatic carbocycles. The summed E-state index contributed by atoms with van der Waals surface area (Å²) >= 11 is 0. The zero-order chi connectivity index (χ0) is 14.2. The molecule has 1 fully saturated rings. The summed E-state index contributed by atoms with van der Waals surface area (Å²) in [6.45, 7) is 5.70. The summed E-state index contributed by atoms with van der Waals surface area (Å²) in [6, 6.07) is 0. The average Bonchev–Trinajstić information content (AvgIpc) is 2.38. The Morgan fingerprint density at radius 2 is 2.16 bits per heavy atom. The molecule has 4 unspecified atom stereocenters. The van der Waals surface area contributed by atoms with Crippen LogP contribution in [-0.2, 0) is 4.79 Å². The number of hydrogen-bond donors (Lipinski definition) is 3. The minimum Gasteiger partial charge on any atom is -0.478 e. The van der Waals surface area contributed by atoms with Crippen LogP contribution in [0.1, 0.15) is 26.2 Å². The fourth-order valence-corrected chi connectivity index (χ4v) is 3.65. The molecule has 0 bridgehead atoms. The van der Waals surface area contributed by atoms with Gasteiger partial charge in [-0.1, -0.05) is 19.6 Å². The Morgan fingerprint density at radius 3 is 2.74 bits per heavy atom. The highest BCUT2D eigenvalue weighted by Crippen LogP contribution is 2.47. The van der Waals surface area contributed by atoms with Crippen molar-refractivity contribution in [3.05, 3.63) is 23.8 Å². The van der Waals surface area contributed by atoms with E-state index < -0.39 is 12.1 Å². The summed E-state index contributed by atoms with van der Waals surface area (Å²) in [6.07, 6.45) is 3.70. The van der Waals surface area contributed by atoms with E-state index in [1.165, 1.54) is 0 Å². The second-order valence-electron chi connectivity index (χ2n) is 5.88. The van der Waals surface area contributed by atoms with Gasteiger partial charge in [0, 0.05) is 5.57 Å². The van der Waals surface area contributed by atoms with Crippen LogP contribution in [0.25, 0.3) is 0 Å². The third kappa shape index (κ3) is 2.60. The Bertz CT molecular complexity index is 412. The van der Waals surface area contributed by atoms with E-state index in [1.54, 1.807) is 0 Å². The highest BCUT2D eigenvalue weighted by atomic mass is 16.4. The largest absolute Gasteiger partial charge is 0.478 e. The number of aliphatic hydroxyl groups excluding tert-OH is 2. The third-order valence-electron chi connectivity index (χ3n) is 4.86. The Kier molecular flexibility index (Phi) is 4.11. The number of aliphatic hydroxyl groups is 2. The molecule has 106 valence electrons. The molecule has 2 rings (SSSR count). The van der Waals surface area contributed by atoms with Gasteiger partial charge in [0.15, 0.2) is 0 Å². The normalized spacial score (nSPS) is 38.3. The molecule has 0 aromatic heterocycles. The second-order valence-corrected chi connectivity index (χ2v) is 5.88. The first-order valence-corrected chi connectivity index (χ1v) is 6.87. The summed E-state index contributed by atoms with van der Waals surface area (Å²) in [7, 11) is 0. The first-order valence-electron chi connectivity index (χ1n) is 6.87. The number of carbonyl (C=O) groups is 1. The number of fused-ring (bicyclic) bond motifs is 1. The van der Waals surface area contributed by atoms with E-state index in [-0.39, 0.29) is 29.9 Å². The Morgan fingerprint density at radius 1 is 1.47 bits per heavy atom. The van der Waals surface area contributed by atoms with Crippen molar-refractivity contribution in [2.75, 3.05) is 6.61 Å². The monoisotopic (exact) mass is 266 g/mol. The molecule has 1 saturated carbocycles. The average molecular weight is 266 g/mol. The van der Waals surface area contributed by atoms with Crippen LogP contribution in [0.4, 0.5) is 0 Å². The van der Waals surface area contributed by atoms with Gasteiger partial charge < -0.3 is 15.3 Å². The molecule has 0 saturated heterocycles. The molecule has 5 atom stereocenters. The Hall–Kier alpha value is -1.13. The van der Waals surface area contributed by atoms with Gasteiger partial charge in [0.05, 0.1) is 12.7 Å². The van der Waals surface area contributed by atoms with Crippen molar-refractivity contribution < 1.29 is 20.1 Å². The molecule has 0 amide bonds. The van der Waals surface area contributed by atoms with Crippen LogP contribution >= 0.6 is 0 Å².